The fourth-order valence-corrected chi connectivity index (χ4v) is 3.57. The molecule has 2 heterocycles. The summed E-state index contributed by atoms with van der Waals surface area (Å²) in [4.78, 5) is 4.96. The van der Waals surface area contributed by atoms with Crippen LogP contribution in [0.2, 0.25) is 0 Å². The standard InChI is InChI=1S/C20H24N4O/c1-25-16-8-6-15(7-9-16)14-22-19-20(10-12-21-13-11-20)24-18-5-3-2-4-17(18)23-19/h2-9,21,24H,10-14H2,1H3,(H,22,23). The van der Waals surface area contributed by atoms with Crippen molar-refractivity contribution < 1.29 is 4.74 Å². The molecule has 2 aliphatic heterocycles. The van der Waals surface area contributed by atoms with Gasteiger partial charge in [0.05, 0.1) is 30.6 Å². The van der Waals surface area contributed by atoms with Gasteiger partial charge in [-0.15, -0.1) is 0 Å². The Morgan fingerprint density at radius 3 is 2.44 bits per heavy atom. The second-order valence-electron chi connectivity index (χ2n) is 6.64. The van der Waals surface area contributed by atoms with Crippen molar-refractivity contribution in [2.75, 3.05) is 30.8 Å². The summed E-state index contributed by atoms with van der Waals surface area (Å²) in [5, 5.41) is 10.8. The van der Waals surface area contributed by atoms with E-state index < -0.39 is 0 Å². The zero-order valence-corrected chi connectivity index (χ0v) is 14.5. The van der Waals surface area contributed by atoms with Crippen molar-refractivity contribution >= 4 is 17.2 Å². The van der Waals surface area contributed by atoms with Gasteiger partial charge >= 0.3 is 0 Å². The Balaban J connectivity index is 1.62. The SMILES string of the molecule is COc1ccc(CN=C2Nc3ccccc3NC23CCNCC3)cc1. The Kier molecular flexibility index (Phi) is 4.32. The number of aliphatic imine (C=N–C) groups is 1. The molecule has 0 aromatic heterocycles. The first-order chi connectivity index (χ1) is 12.3. The number of hydrogen-bond acceptors (Lipinski definition) is 4. The summed E-state index contributed by atoms with van der Waals surface area (Å²) in [6.07, 6.45) is 2.05. The maximum Gasteiger partial charge on any atom is 0.127 e. The Bertz CT molecular complexity index is 764. The minimum Gasteiger partial charge on any atom is -0.497 e. The molecule has 4 rings (SSSR count). The highest BCUT2D eigenvalue weighted by Crippen LogP contribution is 2.35. The second kappa shape index (κ2) is 6.76. The molecule has 5 nitrogen and oxygen atoms in total. The third-order valence-electron chi connectivity index (χ3n) is 5.04. The van der Waals surface area contributed by atoms with Crippen LogP contribution in [0.1, 0.15) is 18.4 Å². The predicted octanol–water partition coefficient (Wildman–Crippen LogP) is 3.25. The van der Waals surface area contributed by atoms with E-state index in [4.69, 9.17) is 9.73 Å². The Labute approximate surface area is 148 Å². The summed E-state index contributed by atoms with van der Waals surface area (Å²) < 4.78 is 5.23. The topological polar surface area (TPSA) is 57.7 Å². The van der Waals surface area contributed by atoms with Crippen LogP contribution in [-0.4, -0.2) is 31.6 Å². The van der Waals surface area contributed by atoms with Crippen LogP contribution < -0.4 is 20.7 Å². The molecule has 0 bridgehead atoms. The maximum absolute atomic E-state index is 5.23. The van der Waals surface area contributed by atoms with Crippen LogP contribution in [0.5, 0.6) is 5.75 Å². The van der Waals surface area contributed by atoms with Gasteiger partial charge in [0.1, 0.15) is 11.6 Å². The van der Waals surface area contributed by atoms with Crippen molar-refractivity contribution in [2.24, 2.45) is 4.99 Å². The zero-order chi connectivity index (χ0) is 17.1. The lowest BCUT2D eigenvalue weighted by Crippen LogP contribution is -2.57. The van der Waals surface area contributed by atoms with E-state index in [1.807, 2.05) is 12.1 Å². The van der Waals surface area contributed by atoms with E-state index >= 15 is 0 Å². The van der Waals surface area contributed by atoms with Gasteiger partial charge in [-0.1, -0.05) is 24.3 Å². The van der Waals surface area contributed by atoms with Crippen molar-refractivity contribution in [2.45, 2.75) is 24.9 Å². The van der Waals surface area contributed by atoms with E-state index in [2.05, 4.69) is 52.3 Å². The minimum absolute atomic E-state index is 0.105. The normalized spacial score (nSPS) is 19.8. The molecule has 0 radical (unpaired) electrons. The number of benzene rings is 2. The van der Waals surface area contributed by atoms with E-state index in [0.29, 0.717) is 6.54 Å². The summed E-state index contributed by atoms with van der Waals surface area (Å²) >= 11 is 0. The number of rotatable bonds is 3. The number of nitrogens with zero attached hydrogens (tertiary/aromatic N) is 1. The molecule has 2 aromatic rings. The molecular formula is C20H24N4O. The van der Waals surface area contributed by atoms with Crippen LogP contribution in [0.25, 0.3) is 0 Å². The van der Waals surface area contributed by atoms with Crippen LogP contribution in [0.3, 0.4) is 0 Å². The number of anilines is 2. The van der Waals surface area contributed by atoms with Gasteiger partial charge in [-0.05, 0) is 55.8 Å². The van der Waals surface area contributed by atoms with Gasteiger partial charge in [-0.2, -0.15) is 0 Å². The van der Waals surface area contributed by atoms with Gasteiger partial charge in [0.2, 0.25) is 0 Å². The van der Waals surface area contributed by atoms with E-state index in [-0.39, 0.29) is 5.54 Å². The smallest absolute Gasteiger partial charge is 0.127 e. The summed E-state index contributed by atoms with van der Waals surface area (Å²) in [6, 6.07) is 16.5. The van der Waals surface area contributed by atoms with E-state index in [1.165, 1.54) is 5.56 Å². The molecule has 1 saturated heterocycles. The number of hydrogen-bond donors (Lipinski definition) is 3. The highest BCUT2D eigenvalue weighted by Gasteiger charge is 2.40. The minimum atomic E-state index is -0.105. The van der Waals surface area contributed by atoms with Crippen molar-refractivity contribution in [1.82, 2.24) is 5.32 Å². The molecule has 0 saturated carbocycles. The average molecular weight is 336 g/mol. The number of para-hydroxylation sites is 2. The Hall–Kier alpha value is -2.53. The quantitative estimate of drug-likeness (QED) is 0.805. The predicted molar refractivity (Wildman–Crippen MR) is 103 cm³/mol. The van der Waals surface area contributed by atoms with Crippen LogP contribution in [0, 0.1) is 0 Å². The van der Waals surface area contributed by atoms with E-state index in [0.717, 1.165) is 48.9 Å². The monoisotopic (exact) mass is 336 g/mol. The molecule has 1 spiro atoms. The summed E-state index contributed by atoms with van der Waals surface area (Å²) in [5.41, 5.74) is 3.33. The molecule has 0 unspecified atom stereocenters. The van der Waals surface area contributed by atoms with Crippen LogP contribution >= 0.6 is 0 Å². The molecular weight excluding hydrogens is 312 g/mol. The first kappa shape index (κ1) is 16.0. The van der Waals surface area contributed by atoms with Crippen LogP contribution in [0.15, 0.2) is 53.5 Å². The highest BCUT2D eigenvalue weighted by molar-refractivity contribution is 6.09. The van der Waals surface area contributed by atoms with E-state index in [9.17, 15) is 0 Å². The zero-order valence-electron chi connectivity index (χ0n) is 14.5. The summed E-state index contributed by atoms with van der Waals surface area (Å²) in [5.74, 6) is 1.92. The fraction of sp³-hybridized carbons (Fsp3) is 0.350. The van der Waals surface area contributed by atoms with Gasteiger partial charge in [0.15, 0.2) is 0 Å². The lowest BCUT2D eigenvalue weighted by molar-refractivity contribution is 0.414. The molecule has 5 heteroatoms. The van der Waals surface area contributed by atoms with Gasteiger partial charge in [-0.3, -0.25) is 4.99 Å². The van der Waals surface area contributed by atoms with Crippen molar-refractivity contribution in [3.05, 3.63) is 54.1 Å². The summed E-state index contributed by atoms with van der Waals surface area (Å²) in [7, 11) is 1.69. The summed E-state index contributed by atoms with van der Waals surface area (Å²) in [6.45, 7) is 2.65. The van der Waals surface area contributed by atoms with Gasteiger partial charge < -0.3 is 20.7 Å². The van der Waals surface area contributed by atoms with Gasteiger partial charge in [-0.25, -0.2) is 0 Å². The maximum atomic E-state index is 5.23. The van der Waals surface area contributed by atoms with Gasteiger partial charge in [0, 0.05) is 0 Å². The number of amidine groups is 1. The van der Waals surface area contributed by atoms with Crippen molar-refractivity contribution in [3.8, 4) is 5.75 Å². The number of ether oxygens (including phenoxy) is 1. The fourth-order valence-electron chi connectivity index (χ4n) is 3.57. The Morgan fingerprint density at radius 1 is 1.00 bits per heavy atom. The molecule has 0 amide bonds. The molecule has 130 valence electrons. The van der Waals surface area contributed by atoms with Crippen molar-refractivity contribution in [3.63, 3.8) is 0 Å². The van der Waals surface area contributed by atoms with Gasteiger partial charge in [0.25, 0.3) is 0 Å². The first-order valence-electron chi connectivity index (χ1n) is 8.82. The molecule has 0 aliphatic carbocycles. The molecule has 0 atom stereocenters. The molecule has 1 fully saturated rings. The van der Waals surface area contributed by atoms with Crippen molar-refractivity contribution in [1.29, 1.82) is 0 Å². The second-order valence-corrected chi connectivity index (χ2v) is 6.64. The lowest BCUT2D eigenvalue weighted by Gasteiger charge is -2.44. The third kappa shape index (κ3) is 3.20. The number of piperidine rings is 1. The molecule has 25 heavy (non-hydrogen) atoms. The van der Waals surface area contributed by atoms with Crippen LogP contribution in [-0.2, 0) is 6.54 Å². The molecule has 2 aliphatic rings. The number of methoxy groups -OCH3 is 1. The number of nitrogens with one attached hydrogen (secondary N) is 3. The lowest BCUT2D eigenvalue weighted by atomic mass is 9.84. The first-order valence-corrected chi connectivity index (χ1v) is 8.82. The third-order valence-corrected chi connectivity index (χ3v) is 5.04. The van der Waals surface area contributed by atoms with E-state index in [1.54, 1.807) is 7.11 Å². The largest absolute Gasteiger partial charge is 0.497 e. The van der Waals surface area contributed by atoms with Crippen LogP contribution in [0.4, 0.5) is 11.4 Å². The Morgan fingerprint density at radius 2 is 1.72 bits per heavy atom. The molecule has 3 N–H and O–H groups in total. The number of fused-ring (bicyclic) bond motifs is 1. The molecule has 2 aromatic carbocycles. The average Bonchev–Trinajstić information content (AvgIpc) is 2.67. The highest BCUT2D eigenvalue weighted by atomic mass is 16.5.